The number of hydrogen-bond acceptors (Lipinski definition) is 2. The molecule has 1 N–H and O–H groups in total. The summed E-state index contributed by atoms with van der Waals surface area (Å²) in [6.07, 6.45) is 5.59. The maximum atomic E-state index is 5.46. The molecule has 76 valence electrons. The second-order valence-electron chi connectivity index (χ2n) is 4.40. The van der Waals surface area contributed by atoms with Gasteiger partial charge in [-0.25, -0.2) is 0 Å². The van der Waals surface area contributed by atoms with Crippen molar-refractivity contribution in [2.45, 2.75) is 38.6 Å². The van der Waals surface area contributed by atoms with E-state index in [-0.39, 0.29) is 0 Å². The van der Waals surface area contributed by atoms with Crippen LogP contribution >= 0.6 is 0 Å². The van der Waals surface area contributed by atoms with Crippen LogP contribution in [-0.4, -0.2) is 25.8 Å². The molecule has 2 unspecified atom stereocenters. The molecule has 0 amide bonds. The van der Waals surface area contributed by atoms with Gasteiger partial charge >= 0.3 is 0 Å². The van der Waals surface area contributed by atoms with Gasteiger partial charge in [0.15, 0.2) is 0 Å². The van der Waals surface area contributed by atoms with E-state index < -0.39 is 0 Å². The van der Waals surface area contributed by atoms with E-state index in [1.165, 1.54) is 25.7 Å². The highest BCUT2D eigenvalue weighted by molar-refractivity contribution is 4.88. The van der Waals surface area contributed by atoms with Gasteiger partial charge in [0, 0.05) is 18.6 Å². The van der Waals surface area contributed by atoms with Gasteiger partial charge in [-0.1, -0.05) is 13.3 Å². The lowest BCUT2D eigenvalue weighted by Gasteiger charge is -2.37. The molecular weight excluding hydrogens is 162 g/mol. The molecule has 1 saturated heterocycles. The fraction of sp³-hybridized carbons (Fsp3) is 1.00. The Balaban J connectivity index is 1.86. The third kappa shape index (κ3) is 2.05. The van der Waals surface area contributed by atoms with Crippen molar-refractivity contribution in [3.05, 3.63) is 0 Å². The van der Waals surface area contributed by atoms with Gasteiger partial charge in [0.25, 0.3) is 0 Å². The van der Waals surface area contributed by atoms with Gasteiger partial charge in [-0.2, -0.15) is 0 Å². The first-order valence-electron chi connectivity index (χ1n) is 5.73. The summed E-state index contributed by atoms with van der Waals surface area (Å²) in [7, 11) is 0. The van der Waals surface area contributed by atoms with Crippen LogP contribution in [0.15, 0.2) is 0 Å². The van der Waals surface area contributed by atoms with Gasteiger partial charge in [0.05, 0.1) is 6.61 Å². The maximum absolute atomic E-state index is 5.46. The van der Waals surface area contributed by atoms with Crippen molar-refractivity contribution in [2.75, 3.05) is 19.8 Å². The molecule has 2 aliphatic rings. The van der Waals surface area contributed by atoms with Crippen molar-refractivity contribution in [1.82, 2.24) is 5.32 Å². The monoisotopic (exact) mass is 183 g/mol. The molecular formula is C11H21NO. The van der Waals surface area contributed by atoms with Crippen LogP contribution in [0.1, 0.15) is 32.6 Å². The second kappa shape index (κ2) is 4.43. The Bertz CT molecular complexity index is 150. The molecule has 2 heteroatoms. The third-order valence-corrected chi connectivity index (χ3v) is 3.57. The summed E-state index contributed by atoms with van der Waals surface area (Å²) in [5.41, 5.74) is 0. The van der Waals surface area contributed by atoms with E-state index >= 15 is 0 Å². The Labute approximate surface area is 81.0 Å². The summed E-state index contributed by atoms with van der Waals surface area (Å²) in [4.78, 5) is 0. The summed E-state index contributed by atoms with van der Waals surface area (Å²) in [6, 6.07) is 0.751. The van der Waals surface area contributed by atoms with Crippen molar-refractivity contribution >= 4 is 0 Å². The number of hydrogen-bond donors (Lipinski definition) is 1. The largest absolute Gasteiger partial charge is 0.381 e. The van der Waals surface area contributed by atoms with Crippen LogP contribution in [0.2, 0.25) is 0 Å². The minimum Gasteiger partial charge on any atom is -0.381 e. The molecule has 1 aliphatic carbocycles. The summed E-state index contributed by atoms with van der Waals surface area (Å²) in [6.45, 7) is 5.30. The fourth-order valence-electron chi connectivity index (χ4n) is 2.59. The van der Waals surface area contributed by atoms with Crippen LogP contribution in [0.4, 0.5) is 0 Å². The van der Waals surface area contributed by atoms with E-state index in [1.54, 1.807) is 0 Å². The van der Waals surface area contributed by atoms with E-state index in [0.717, 1.165) is 37.6 Å². The molecule has 1 aliphatic heterocycles. The van der Waals surface area contributed by atoms with E-state index in [9.17, 15) is 0 Å². The van der Waals surface area contributed by atoms with Gasteiger partial charge in [-0.05, 0) is 31.7 Å². The standard InChI is InChI=1S/C11H21NO/c1-2-12-11(9-4-3-5-9)10-6-7-13-8-10/h9-12H,2-8H2,1H3. The van der Waals surface area contributed by atoms with Crippen molar-refractivity contribution < 1.29 is 4.74 Å². The second-order valence-corrected chi connectivity index (χ2v) is 4.40. The van der Waals surface area contributed by atoms with Crippen LogP contribution in [0, 0.1) is 11.8 Å². The predicted octanol–water partition coefficient (Wildman–Crippen LogP) is 1.80. The van der Waals surface area contributed by atoms with Gasteiger partial charge in [0.2, 0.25) is 0 Å². The van der Waals surface area contributed by atoms with E-state index in [0.29, 0.717) is 0 Å². The fourth-order valence-corrected chi connectivity index (χ4v) is 2.59. The lowest BCUT2D eigenvalue weighted by molar-refractivity contribution is 0.140. The average Bonchev–Trinajstić information content (AvgIpc) is 2.51. The third-order valence-electron chi connectivity index (χ3n) is 3.57. The quantitative estimate of drug-likeness (QED) is 0.717. The molecule has 0 bridgehead atoms. The zero-order valence-corrected chi connectivity index (χ0v) is 8.59. The van der Waals surface area contributed by atoms with Crippen LogP contribution in [-0.2, 0) is 4.74 Å². The predicted molar refractivity (Wildman–Crippen MR) is 53.7 cm³/mol. The van der Waals surface area contributed by atoms with Crippen LogP contribution in [0.25, 0.3) is 0 Å². The molecule has 1 heterocycles. The number of rotatable bonds is 4. The number of ether oxygens (including phenoxy) is 1. The highest BCUT2D eigenvalue weighted by atomic mass is 16.5. The Morgan fingerprint density at radius 3 is 2.62 bits per heavy atom. The minimum absolute atomic E-state index is 0.751. The molecule has 2 nitrogen and oxygen atoms in total. The van der Waals surface area contributed by atoms with E-state index in [2.05, 4.69) is 12.2 Å². The van der Waals surface area contributed by atoms with Gasteiger partial charge in [0.1, 0.15) is 0 Å². The highest BCUT2D eigenvalue weighted by Gasteiger charge is 2.34. The first kappa shape index (κ1) is 9.47. The first-order chi connectivity index (χ1) is 6.42. The molecule has 0 radical (unpaired) electrons. The van der Waals surface area contributed by atoms with Crippen molar-refractivity contribution in [2.24, 2.45) is 11.8 Å². The van der Waals surface area contributed by atoms with Gasteiger partial charge < -0.3 is 10.1 Å². The first-order valence-corrected chi connectivity index (χ1v) is 5.73. The van der Waals surface area contributed by atoms with E-state index in [4.69, 9.17) is 4.74 Å². The molecule has 2 atom stereocenters. The average molecular weight is 183 g/mol. The SMILES string of the molecule is CCNC(C1CCC1)C1CCOC1. The molecule has 2 fully saturated rings. The van der Waals surface area contributed by atoms with Crippen molar-refractivity contribution in [1.29, 1.82) is 0 Å². The van der Waals surface area contributed by atoms with E-state index in [1.807, 2.05) is 0 Å². The Morgan fingerprint density at radius 1 is 1.31 bits per heavy atom. The zero-order valence-electron chi connectivity index (χ0n) is 8.59. The lowest BCUT2D eigenvalue weighted by Crippen LogP contribution is -2.45. The normalized spacial score (nSPS) is 31.6. The topological polar surface area (TPSA) is 21.3 Å². The van der Waals surface area contributed by atoms with Crippen LogP contribution < -0.4 is 5.32 Å². The molecule has 0 spiro atoms. The Kier molecular flexibility index (Phi) is 3.23. The molecule has 0 aromatic rings. The molecule has 2 rings (SSSR count). The van der Waals surface area contributed by atoms with Crippen molar-refractivity contribution in [3.63, 3.8) is 0 Å². The van der Waals surface area contributed by atoms with Gasteiger partial charge in [-0.3, -0.25) is 0 Å². The minimum atomic E-state index is 0.751. The number of nitrogens with one attached hydrogen (secondary N) is 1. The van der Waals surface area contributed by atoms with Gasteiger partial charge in [-0.15, -0.1) is 0 Å². The highest BCUT2D eigenvalue weighted by Crippen LogP contribution is 2.35. The summed E-state index contributed by atoms with van der Waals surface area (Å²) >= 11 is 0. The van der Waals surface area contributed by atoms with Crippen LogP contribution in [0.3, 0.4) is 0 Å². The lowest BCUT2D eigenvalue weighted by atomic mass is 9.74. The Hall–Kier alpha value is -0.0800. The molecule has 1 saturated carbocycles. The summed E-state index contributed by atoms with van der Waals surface area (Å²) in [5, 5.41) is 3.65. The Morgan fingerprint density at radius 2 is 2.15 bits per heavy atom. The smallest absolute Gasteiger partial charge is 0.0510 e. The summed E-state index contributed by atoms with van der Waals surface area (Å²) < 4.78 is 5.46. The summed E-state index contributed by atoms with van der Waals surface area (Å²) in [5.74, 6) is 1.75. The van der Waals surface area contributed by atoms with Crippen molar-refractivity contribution in [3.8, 4) is 0 Å². The van der Waals surface area contributed by atoms with Crippen LogP contribution in [0.5, 0.6) is 0 Å². The molecule has 0 aromatic carbocycles. The maximum Gasteiger partial charge on any atom is 0.0510 e. The molecule has 0 aromatic heterocycles. The zero-order chi connectivity index (χ0) is 9.10. The molecule has 13 heavy (non-hydrogen) atoms.